The maximum atomic E-state index is 13.3. The summed E-state index contributed by atoms with van der Waals surface area (Å²) in [5.74, 6) is 0.565. The van der Waals surface area contributed by atoms with Gasteiger partial charge in [0.15, 0.2) is 0 Å². The van der Waals surface area contributed by atoms with Gasteiger partial charge in [-0.25, -0.2) is 4.98 Å². The molecule has 5 rings (SSSR count). The smallest absolute Gasteiger partial charge is 0.258 e. The molecule has 1 aliphatic rings. The highest BCUT2D eigenvalue weighted by atomic mass is 16.2. The molecule has 1 N–H and O–H groups in total. The molecule has 0 saturated carbocycles. The number of fused-ring (bicyclic) bond motifs is 1. The lowest BCUT2D eigenvalue weighted by Crippen LogP contribution is -2.31. The monoisotopic (exact) mass is 450 g/mol. The molecule has 0 aliphatic carbocycles. The largest absolute Gasteiger partial charge is 0.322 e. The van der Waals surface area contributed by atoms with Crippen molar-refractivity contribution >= 4 is 23.2 Å². The number of nitrogens with zero attached hydrogens (tertiary/aromatic N) is 3. The van der Waals surface area contributed by atoms with Crippen molar-refractivity contribution in [3.8, 4) is 5.69 Å². The molecule has 6 heteroatoms. The number of nitrogens with one attached hydrogen (secondary N) is 1. The highest BCUT2D eigenvalue weighted by molar-refractivity contribution is 6.08. The maximum absolute atomic E-state index is 13.3. The molecular weight excluding hydrogens is 424 g/mol. The lowest BCUT2D eigenvalue weighted by molar-refractivity contribution is 0.0985. The molecule has 4 aromatic rings. The van der Waals surface area contributed by atoms with Gasteiger partial charge in [-0.15, -0.1) is 0 Å². The number of carbonyl (C=O) groups is 2. The summed E-state index contributed by atoms with van der Waals surface area (Å²) in [6.07, 6.45) is 6.59. The number of benzene rings is 3. The molecule has 0 spiro atoms. The van der Waals surface area contributed by atoms with Gasteiger partial charge in [0.25, 0.3) is 11.8 Å². The molecule has 0 unspecified atom stereocenters. The SMILES string of the molecule is Cc1nccn1-c1ccccc1C(=O)Nc1ccc(C(=O)N2CCCCc3ccccc32)cc1. The molecule has 3 aromatic carbocycles. The van der Waals surface area contributed by atoms with Crippen molar-refractivity contribution in [1.29, 1.82) is 0 Å². The Balaban J connectivity index is 1.35. The summed E-state index contributed by atoms with van der Waals surface area (Å²) in [7, 11) is 0. The highest BCUT2D eigenvalue weighted by Gasteiger charge is 2.22. The fraction of sp³-hybridized carbons (Fsp3) is 0.179. The Morgan fingerprint density at radius 1 is 0.882 bits per heavy atom. The third-order valence-electron chi connectivity index (χ3n) is 6.23. The van der Waals surface area contributed by atoms with Crippen LogP contribution in [0.1, 0.15) is 44.9 Å². The van der Waals surface area contributed by atoms with Crippen LogP contribution in [0.25, 0.3) is 5.69 Å². The van der Waals surface area contributed by atoms with E-state index in [-0.39, 0.29) is 11.8 Å². The Morgan fingerprint density at radius 2 is 1.62 bits per heavy atom. The first-order valence-electron chi connectivity index (χ1n) is 11.5. The number of hydrogen-bond acceptors (Lipinski definition) is 3. The second-order valence-corrected chi connectivity index (χ2v) is 8.44. The average molecular weight is 451 g/mol. The second-order valence-electron chi connectivity index (χ2n) is 8.44. The summed E-state index contributed by atoms with van der Waals surface area (Å²) in [5.41, 5.74) is 4.75. The van der Waals surface area contributed by atoms with Gasteiger partial charge in [0.1, 0.15) is 5.82 Å². The van der Waals surface area contributed by atoms with Crippen molar-refractivity contribution in [3.63, 3.8) is 0 Å². The Morgan fingerprint density at radius 3 is 2.38 bits per heavy atom. The number of hydrogen-bond donors (Lipinski definition) is 1. The van der Waals surface area contributed by atoms with Gasteiger partial charge < -0.3 is 14.8 Å². The minimum absolute atomic E-state index is 0.0202. The Hall–Kier alpha value is -4.19. The van der Waals surface area contributed by atoms with Gasteiger partial charge in [-0.1, -0.05) is 30.3 Å². The molecule has 2 heterocycles. The lowest BCUT2D eigenvalue weighted by Gasteiger charge is -2.23. The standard InChI is InChI=1S/C28H26N4O2/c1-20-29-17-19-31(20)26-12-5-3-10-24(26)27(33)30-23-15-13-22(14-16-23)28(34)32-18-7-6-9-21-8-2-4-11-25(21)32/h2-5,8,10-17,19H,6-7,9,18H2,1H3,(H,30,33). The zero-order valence-corrected chi connectivity index (χ0v) is 19.1. The predicted molar refractivity (Wildman–Crippen MR) is 134 cm³/mol. The van der Waals surface area contributed by atoms with E-state index in [0.29, 0.717) is 23.4 Å². The van der Waals surface area contributed by atoms with E-state index in [1.807, 2.05) is 59.0 Å². The number of anilines is 2. The van der Waals surface area contributed by atoms with Gasteiger partial charge >= 0.3 is 0 Å². The van der Waals surface area contributed by atoms with Crippen LogP contribution in [0, 0.1) is 6.92 Å². The van der Waals surface area contributed by atoms with E-state index < -0.39 is 0 Å². The third kappa shape index (κ3) is 4.22. The summed E-state index contributed by atoms with van der Waals surface area (Å²) in [6, 6.07) is 22.6. The quantitative estimate of drug-likeness (QED) is 0.452. The topological polar surface area (TPSA) is 67.2 Å². The molecule has 0 bridgehead atoms. The molecule has 1 aromatic heterocycles. The van der Waals surface area contributed by atoms with Crippen LogP contribution in [0.3, 0.4) is 0 Å². The van der Waals surface area contributed by atoms with E-state index in [0.717, 1.165) is 36.5 Å². The van der Waals surface area contributed by atoms with Crippen LogP contribution in [0.15, 0.2) is 85.2 Å². The number of amides is 2. The summed E-state index contributed by atoms with van der Waals surface area (Å²) < 4.78 is 1.88. The number of aromatic nitrogens is 2. The zero-order valence-electron chi connectivity index (χ0n) is 19.1. The summed E-state index contributed by atoms with van der Waals surface area (Å²) in [6.45, 7) is 2.60. The molecule has 0 saturated heterocycles. The second kappa shape index (κ2) is 9.35. The molecule has 170 valence electrons. The van der Waals surface area contributed by atoms with Gasteiger partial charge in [0.05, 0.1) is 11.3 Å². The zero-order chi connectivity index (χ0) is 23.5. The van der Waals surface area contributed by atoms with Crippen LogP contribution in [0.5, 0.6) is 0 Å². The fourth-order valence-corrected chi connectivity index (χ4v) is 4.46. The van der Waals surface area contributed by atoms with Crippen molar-refractivity contribution in [2.24, 2.45) is 0 Å². The predicted octanol–water partition coefficient (Wildman–Crippen LogP) is 5.42. The summed E-state index contributed by atoms with van der Waals surface area (Å²) in [4.78, 5) is 32.5. The van der Waals surface area contributed by atoms with Crippen LogP contribution in [0.2, 0.25) is 0 Å². The minimum atomic E-state index is -0.218. The van der Waals surface area contributed by atoms with E-state index in [9.17, 15) is 9.59 Å². The normalized spacial score (nSPS) is 13.1. The Kier molecular flexibility index (Phi) is 5.95. The van der Waals surface area contributed by atoms with Gasteiger partial charge in [0.2, 0.25) is 0 Å². The van der Waals surface area contributed by atoms with E-state index in [1.165, 1.54) is 5.56 Å². The van der Waals surface area contributed by atoms with Crippen LogP contribution in [0.4, 0.5) is 11.4 Å². The number of para-hydroxylation sites is 2. The van der Waals surface area contributed by atoms with E-state index in [1.54, 1.807) is 36.5 Å². The van der Waals surface area contributed by atoms with Crippen molar-refractivity contribution in [2.75, 3.05) is 16.8 Å². The first-order valence-corrected chi connectivity index (χ1v) is 11.5. The van der Waals surface area contributed by atoms with Crippen LogP contribution < -0.4 is 10.2 Å². The van der Waals surface area contributed by atoms with Gasteiger partial charge in [-0.2, -0.15) is 0 Å². The maximum Gasteiger partial charge on any atom is 0.258 e. The van der Waals surface area contributed by atoms with Gasteiger partial charge in [-0.05, 0) is 74.2 Å². The molecule has 6 nitrogen and oxygen atoms in total. The summed E-state index contributed by atoms with van der Waals surface area (Å²) >= 11 is 0. The van der Waals surface area contributed by atoms with E-state index >= 15 is 0 Å². The molecule has 2 amide bonds. The first-order chi connectivity index (χ1) is 16.6. The van der Waals surface area contributed by atoms with Crippen LogP contribution >= 0.6 is 0 Å². The fourth-order valence-electron chi connectivity index (χ4n) is 4.46. The first kappa shape index (κ1) is 21.6. The van der Waals surface area contributed by atoms with Crippen molar-refractivity contribution in [1.82, 2.24) is 9.55 Å². The Labute approximate surface area is 198 Å². The van der Waals surface area contributed by atoms with E-state index in [2.05, 4.69) is 16.4 Å². The number of carbonyl (C=O) groups excluding carboxylic acids is 2. The lowest BCUT2D eigenvalue weighted by atomic mass is 10.1. The minimum Gasteiger partial charge on any atom is -0.322 e. The van der Waals surface area contributed by atoms with Crippen LogP contribution in [-0.2, 0) is 6.42 Å². The average Bonchev–Trinajstić information content (AvgIpc) is 3.18. The summed E-state index contributed by atoms with van der Waals surface area (Å²) in [5, 5.41) is 2.95. The molecule has 0 radical (unpaired) electrons. The van der Waals surface area contributed by atoms with Crippen molar-refractivity contribution < 1.29 is 9.59 Å². The molecule has 0 atom stereocenters. The highest BCUT2D eigenvalue weighted by Crippen LogP contribution is 2.28. The van der Waals surface area contributed by atoms with E-state index in [4.69, 9.17) is 0 Å². The Bertz CT molecular complexity index is 1340. The third-order valence-corrected chi connectivity index (χ3v) is 6.23. The number of aryl methyl sites for hydroxylation is 2. The van der Waals surface area contributed by atoms with Gasteiger partial charge in [-0.3, -0.25) is 9.59 Å². The van der Waals surface area contributed by atoms with Crippen molar-refractivity contribution in [2.45, 2.75) is 26.2 Å². The van der Waals surface area contributed by atoms with Crippen molar-refractivity contribution in [3.05, 3.63) is 108 Å². The molecular formula is C28H26N4O2. The molecule has 0 fully saturated rings. The number of rotatable bonds is 4. The number of imidazole rings is 1. The van der Waals surface area contributed by atoms with Gasteiger partial charge in [0, 0.05) is 35.9 Å². The molecule has 1 aliphatic heterocycles. The molecule has 34 heavy (non-hydrogen) atoms. The van der Waals surface area contributed by atoms with Crippen LogP contribution in [-0.4, -0.2) is 27.9 Å².